The molecule has 0 saturated heterocycles. The van der Waals surface area contributed by atoms with Gasteiger partial charge in [0.2, 0.25) is 0 Å². The van der Waals surface area contributed by atoms with Crippen LogP contribution in [0.3, 0.4) is 0 Å². The SMILES string of the molecule is CCOc1ccc(CNCC(C(C)C)C(C)C)cc1. The highest BCUT2D eigenvalue weighted by atomic mass is 16.5. The molecule has 1 rings (SSSR count). The lowest BCUT2D eigenvalue weighted by Crippen LogP contribution is -2.29. The smallest absolute Gasteiger partial charge is 0.119 e. The first-order valence-corrected chi connectivity index (χ1v) is 7.47. The van der Waals surface area contributed by atoms with Gasteiger partial charge in [0.1, 0.15) is 5.75 Å². The van der Waals surface area contributed by atoms with Crippen LogP contribution in [-0.4, -0.2) is 13.2 Å². The summed E-state index contributed by atoms with van der Waals surface area (Å²) < 4.78 is 5.45. The molecular formula is C17H29NO. The van der Waals surface area contributed by atoms with Gasteiger partial charge in [-0.3, -0.25) is 0 Å². The number of rotatable bonds is 8. The molecule has 1 N–H and O–H groups in total. The average molecular weight is 263 g/mol. The maximum Gasteiger partial charge on any atom is 0.119 e. The summed E-state index contributed by atoms with van der Waals surface area (Å²) in [4.78, 5) is 0. The second-order valence-electron chi connectivity index (χ2n) is 5.86. The lowest BCUT2D eigenvalue weighted by atomic mass is 9.85. The summed E-state index contributed by atoms with van der Waals surface area (Å²) in [7, 11) is 0. The molecule has 19 heavy (non-hydrogen) atoms. The third kappa shape index (κ3) is 5.65. The maximum atomic E-state index is 5.45. The van der Waals surface area contributed by atoms with Crippen LogP contribution in [0.5, 0.6) is 5.75 Å². The van der Waals surface area contributed by atoms with Crippen molar-refractivity contribution >= 4 is 0 Å². The largest absolute Gasteiger partial charge is 0.494 e. The minimum Gasteiger partial charge on any atom is -0.494 e. The molecular weight excluding hydrogens is 234 g/mol. The Bertz CT molecular complexity index is 335. The molecule has 0 spiro atoms. The lowest BCUT2D eigenvalue weighted by Gasteiger charge is -2.25. The summed E-state index contributed by atoms with van der Waals surface area (Å²) in [6, 6.07) is 8.36. The third-order valence-corrected chi connectivity index (χ3v) is 3.66. The summed E-state index contributed by atoms with van der Waals surface area (Å²) in [5.74, 6) is 3.15. The summed E-state index contributed by atoms with van der Waals surface area (Å²) in [6.07, 6.45) is 0. The zero-order valence-corrected chi connectivity index (χ0v) is 13.1. The van der Waals surface area contributed by atoms with Crippen LogP contribution >= 0.6 is 0 Å². The molecule has 0 radical (unpaired) electrons. The van der Waals surface area contributed by atoms with E-state index >= 15 is 0 Å². The van der Waals surface area contributed by atoms with Crippen molar-refractivity contribution in [1.82, 2.24) is 5.32 Å². The molecule has 2 nitrogen and oxygen atoms in total. The minimum absolute atomic E-state index is 0.724. The van der Waals surface area contributed by atoms with E-state index in [1.165, 1.54) is 5.56 Å². The van der Waals surface area contributed by atoms with Gasteiger partial charge in [0, 0.05) is 6.54 Å². The Hall–Kier alpha value is -1.02. The second kappa shape index (κ2) is 8.21. The molecule has 0 saturated carbocycles. The van der Waals surface area contributed by atoms with Gasteiger partial charge in [-0.1, -0.05) is 39.8 Å². The van der Waals surface area contributed by atoms with Gasteiger partial charge in [0.15, 0.2) is 0 Å². The molecule has 2 heteroatoms. The van der Waals surface area contributed by atoms with E-state index < -0.39 is 0 Å². The molecule has 0 aliphatic rings. The van der Waals surface area contributed by atoms with Crippen LogP contribution in [0.25, 0.3) is 0 Å². The third-order valence-electron chi connectivity index (χ3n) is 3.66. The van der Waals surface area contributed by atoms with Gasteiger partial charge in [-0.15, -0.1) is 0 Å². The lowest BCUT2D eigenvalue weighted by molar-refractivity contribution is 0.275. The van der Waals surface area contributed by atoms with Crippen LogP contribution in [-0.2, 0) is 6.54 Å². The van der Waals surface area contributed by atoms with Crippen molar-refractivity contribution in [3.63, 3.8) is 0 Å². The van der Waals surface area contributed by atoms with Crippen LogP contribution < -0.4 is 10.1 Å². The monoisotopic (exact) mass is 263 g/mol. The fourth-order valence-electron chi connectivity index (χ4n) is 2.49. The Morgan fingerprint density at radius 2 is 1.58 bits per heavy atom. The number of hydrogen-bond donors (Lipinski definition) is 1. The predicted octanol–water partition coefficient (Wildman–Crippen LogP) is 4.10. The molecule has 0 unspecified atom stereocenters. The number of ether oxygens (including phenoxy) is 1. The number of benzene rings is 1. The molecule has 0 amide bonds. The van der Waals surface area contributed by atoms with Crippen molar-refractivity contribution in [3.8, 4) is 5.75 Å². The fourth-order valence-corrected chi connectivity index (χ4v) is 2.49. The first-order chi connectivity index (χ1) is 9.04. The normalized spacial score (nSPS) is 11.6. The van der Waals surface area contributed by atoms with Gasteiger partial charge < -0.3 is 10.1 Å². The van der Waals surface area contributed by atoms with Crippen LogP contribution in [0, 0.1) is 17.8 Å². The molecule has 1 aromatic carbocycles. The average Bonchev–Trinajstić information content (AvgIpc) is 2.36. The molecule has 0 fully saturated rings. The topological polar surface area (TPSA) is 21.3 Å². The summed E-state index contributed by atoms with van der Waals surface area (Å²) in [6.45, 7) is 14.0. The minimum atomic E-state index is 0.724. The van der Waals surface area contributed by atoms with Crippen LogP contribution in [0.1, 0.15) is 40.2 Å². The molecule has 0 aliphatic heterocycles. The molecule has 0 aromatic heterocycles. The van der Waals surface area contributed by atoms with Gasteiger partial charge in [-0.05, 0) is 48.9 Å². The van der Waals surface area contributed by atoms with Crippen molar-refractivity contribution in [1.29, 1.82) is 0 Å². The Morgan fingerprint density at radius 3 is 2.05 bits per heavy atom. The highest BCUT2D eigenvalue weighted by Crippen LogP contribution is 2.19. The van der Waals surface area contributed by atoms with Gasteiger partial charge in [-0.2, -0.15) is 0 Å². The Labute approximate surface area is 118 Å². The van der Waals surface area contributed by atoms with E-state index in [1.807, 2.05) is 19.1 Å². The van der Waals surface area contributed by atoms with Gasteiger partial charge in [0.05, 0.1) is 6.61 Å². The number of nitrogens with one attached hydrogen (secondary N) is 1. The molecule has 0 heterocycles. The standard InChI is InChI=1S/C17H29NO/c1-6-19-16-9-7-15(8-10-16)11-18-12-17(13(2)3)14(4)5/h7-10,13-14,17-18H,6,11-12H2,1-5H3. The maximum absolute atomic E-state index is 5.45. The quantitative estimate of drug-likeness (QED) is 0.762. The molecule has 0 atom stereocenters. The Morgan fingerprint density at radius 1 is 1.00 bits per heavy atom. The van der Waals surface area contributed by atoms with E-state index in [0.29, 0.717) is 0 Å². The zero-order valence-electron chi connectivity index (χ0n) is 13.1. The van der Waals surface area contributed by atoms with Crippen molar-refractivity contribution in [2.45, 2.75) is 41.2 Å². The van der Waals surface area contributed by atoms with Crippen LogP contribution in [0.4, 0.5) is 0 Å². The highest BCUT2D eigenvalue weighted by Gasteiger charge is 2.16. The second-order valence-corrected chi connectivity index (χ2v) is 5.86. The van der Waals surface area contributed by atoms with Gasteiger partial charge >= 0.3 is 0 Å². The van der Waals surface area contributed by atoms with Crippen molar-refractivity contribution < 1.29 is 4.74 Å². The molecule has 1 aromatic rings. The first kappa shape index (κ1) is 16.0. The number of hydrogen-bond acceptors (Lipinski definition) is 2. The van der Waals surface area contributed by atoms with Crippen LogP contribution in [0.15, 0.2) is 24.3 Å². The van der Waals surface area contributed by atoms with E-state index in [0.717, 1.165) is 43.2 Å². The molecule has 108 valence electrons. The predicted molar refractivity (Wildman–Crippen MR) is 82.5 cm³/mol. The zero-order chi connectivity index (χ0) is 14.3. The van der Waals surface area contributed by atoms with E-state index in [9.17, 15) is 0 Å². The first-order valence-electron chi connectivity index (χ1n) is 7.47. The van der Waals surface area contributed by atoms with E-state index in [1.54, 1.807) is 0 Å². The molecule has 0 aliphatic carbocycles. The van der Waals surface area contributed by atoms with Crippen molar-refractivity contribution in [3.05, 3.63) is 29.8 Å². The highest BCUT2D eigenvalue weighted by molar-refractivity contribution is 5.27. The van der Waals surface area contributed by atoms with Gasteiger partial charge in [0.25, 0.3) is 0 Å². The molecule has 0 bridgehead atoms. The van der Waals surface area contributed by atoms with Gasteiger partial charge in [-0.25, -0.2) is 0 Å². The van der Waals surface area contributed by atoms with Crippen molar-refractivity contribution in [2.24, 2.45) is 17.8 Å². The van der Waals surface area contributed by atoms with Crippen molar-refractivity contribution in [2.75, 3.05) is 13.2 Å². The fraction of sp³-hybridized carbons (Fsp3) is 0.647. The summed E-state index contributed by atoms with van der Waals surface area (Å²) in [5.41, 5.74) is 1.31. The summed E-state index contributed by atoms with van der Waals surface area (Å²) in [5, 5.41) is 3.58. The van der Waals surface area contributed by atoms with E-state index in [-0.39, 0.29) is 0 Å². The Balaban J connectivity index is 2.39. The van der Waals surface area contributed by atoms with E-state index in [2.05, 4.69) is 45.1 Å². The Kier molecular flexibility index (Phi) is 6.93. The van der Waals surface area contributed by atoms with E-state index in [4.69, 9.17) is 4.74 Å². The van der Waals surface area contributed by atoms with Crippen LogP contribution in [0.2, 0.25) is 0 Å². The summed E-state index contributed by atoms with van der Waals surface area (Å²) >= 11 is 0.